The fraction of sp³-hybridized carbons (Fsp3) is 0.750. The van der Waals surface area contributed by atoms with Crippen LogP contribution < -0.4 is 9.44 Å². The number of hydrogen-bond donors (Lipinski definition) is 2. The van der Waals surface area contributed by atoms with Gasteiger partial charge in [0.2, 0.25) is 0 Å². The van der Waals surface area contributed by atoms with E-state index in [1.165, 1.54) is 0 Å². The first-order chi connectivity index (χ1) is 6.14. The Labute approximate surface area is 79.6 Å². The van der Waals surface area contributed by atoms with Crippen molar-refractivity contribution >= 4 is 10.2 Å². The van der Waals surface area contributed by atoms with Gasteiger partial charge in [-0.2, -0.15) is 13.1 Å². The summed E-state index contributed by atoms with van der Waals surface area (Å²) in [6.45, 7) is 2.38. The molecule has 0 aliphatic heterocycles. The highest BCUT2D eigenvalue weighted by Gasteiger charge is 2.26. The summed E-state index contributed by atoms with van der Waals surface area (Å²) in [4.78, 5) is 0. The molecule has 0 unspecified atom stereocenters. The van der Waals surface area contributed by atoms with Gasteiger partial charge in [0.15, 0.2) is 0 Å². The van der Waals surface area contributed by atoms with E-state index >= 15 is 0 Å². The van der Waals surface area contributed by atoms with Crippen LogP contribution in [0.5, 0.6) is 0 Å². The summed E-state index contributed by atoms with van der Waals surface area (Å²) in [5.41, 5.74) is 0. The molecular weight excluding hydrogens is 188 g/mol. The summed E-state index contributed by atoms with van der Waals surface area (Å²) in [5.74, 6) is 0. The number of nitrogens with one attached hydrogen (secondary N) is 2. The monoisotopic (exact) mass is 204 g/mol. The van der Waals surface area contributed by atoms with Crippen molar-refractivity contribution in [1.29, 1.82) is 0 Å². The van der Waals surface area contributed by atoms with Crippen LogP contribution in [0, 0.1) is 0 Å². The summed E-state index contributed by atoms with van der Waals surface area (Å²) in [6, 6.07) is 0.180. The average molecular weight is 204 g/mol. The molecule has 0 aromatic carbocycles. The van der Waals surface area contributed by atoms with Gasteiger partial charge in [0.25, 0.3) is 10.2 Å². The Bertz CT molecular complexity index is 268. The maximum absolute atomic E-state index is 11.2. The van der Waals surface area contributed by atoms with Crippen LogP contribution in [0.25, 0.3) is 0 Å². The molecule has 0 amide bonds. The van der Waals surface area contributed by atoms with Crippen molar-refractivity contribution in [3.63, 3.8) is 0 Å². The largest absolute Gasteiger partial charge is 0.277 e. The zero-order valence-electron chi connectivity index (χ0n) is 7.79. The second kappa shape index (κ2) is 4.74. The molecule has 0 saturated heterocycles. The van der Waals surface area contributed by atoms with Crippen LogP contribution in [-0.4, -0.2) is 21.0 Å². The van der Waals surface area contributed by atoms with E-state index in [-0.39, 0.29) is 6.04 Å². The molecule has 5 heteroatoms. The zero-order chi connectivity index (χ0) is 9.73. The lowest BCUT2D eigenvalue weighted by molar-refractivity contribution is 0.566. The van der Waals surface area contributed by atoms with E-state index in [0.717, 1.165) is 19.3 Å². The first kappa shape index (κ1) is 10.7. The molecule has 4 nitrogen and oxygen atoms in total. The molecule has 0 radical (unpaired) electrons. The third-order valence-electron chi connectivity index (χ3n) is 1.74. The van der Waals surface area contributed by atoms with Crippen molar-refractivity contribution in [1.82, 2.24) is 9.44 Å². The fourth-order valence-electron chi connectivity index (χ4n) is 0.906. The van der Waals surface area contributed by atoms with Gasteiger partial charge in [-0.05, 0) is 26.2 Å². The minimum Gasteiger partial charge on any atom is -0.202 e. The molecule has 0 heterocycles. The minimum atomic E-state index is -3.23. The Hall–Kier alpha value is -0.390. The van der Waals surface area contributed by atoms with E-state index in [1.807, 2.05) is 19.1 Å². The van der Waals surface area contributed by atoms with Gasteiger partial charge in [-0.25, -0.2) is 4.72 Å². The molecule has 0 atom stereocenters. The molecule has 1 fully saturated rings. The van der Waals surface area contributed by atoms with Crippen molar-refractivity contribution in [3.05, 3.63) is 12.2 Å². The standard InChI is InChI=1S/C8H16N2O2S/c1-2-3-4-7-9-13(11,12)10-8-5-6-8/h2-3,8-10H,4-7H2,1H3/b3-2+. The topological polar surface area (TPSA) is 58.2 Å². The summed E-state index contributed by atoms with van der Waals surface area (Å²) >= 11 is 0. The first-order valence-electron chi connectivity index (χ1n) is 4.52. The highest BCUT2D eigenvalue weighted by Crippen LogP contribution is 2.19. The van der Waals surface area contributed by atoms with Crippen LogP contribution in [0.2, 0.25) is 0 Å². The second-order valence-corrected chi connectivity index (χ2v) is 4.68. The smallest absolute Gasteiger partial charge is 0.202 e. The van der Waals surface area contributed by atoms with Gasteiger partial charge in [-0.3, -0.25) is 0 Å². The summed E-state index contributed by atoms with van der Waals surface area (Å²) in [5, 5.41) is 0. The van der Waals surface area contributed by atoms with E-state index in [9.17, 15) is 8.42 Å². The maximum Gasteiger partial charge on any atom is 0.277 e. The molecule has 1 rings (SSSR count). The van der Waals surface area contributed by atoms with Crippen molar-refractivity contribution in [2.24, 2.45) is 0 Å². The SMILES string of the molecule is C/C=C/CCNS(=O)(=O)NC1CC1. The lowest BCUT2D eigenvalue weighted by Gasteiger charge is -2.05. The Morgan fingerprint density at radius 3 is 2.69 bits per heavy atom. The van der Waals surface area contributed by atoms with Crippen LogP contribution >= 0.6 is 0 Å². The van der Waals surface area contributed by atoms with E-state index in [2.05, 4.69) is 9.44 Å². The molecular formula is C8H16N2O2S. The molecule has 1 aliphatic carbocycles. The lowest BCUT2D eigenvalue weighted by atomic mass is 10.4. The third-order valence-corrected chi connectivity index (χ3v) is 2.97. The van der Waals surface area contributed by atoms with Crippen LogP contribution in [0.1, 0.15) is 26.2 Å². The van der Waals surface area contributed by atoms with Crippen molar-refractivity contribution in [2.45, 2.75) is 32.2 Å². The molecule has 0 aromatic heterocycles. The van der Waals surface area contributed by atoms with Crippen LogP contribution in [0.3, 0.4) is 0 Å². The normalized spacial score (nSPS) is 18.2. The lowest BCUT2D eigenvalue weighted by Crippen LogP contribution is -2.38. The highest BCUT2D eigenvalue weighted by molar-refractivity contribution is 7.87. The van der Waals surface area contributed by atoms with Gasteiger partial charge in [0.1, 0.15) is 0 Å². The first-order valence-corrected chi connectivity index (χ1v) is 6.00. The Morgan fingerprint density at radius 1 is 1.46 bits per heavy atom. The molecule has 1 saturated carbocycles. The Kier molecular flexibility index (Phi) is 3.90. The molecule has 1 aliphatic rings. The minimum absolute atomic E-state index is 0.180. The average Bonchev–Trinajstić information content (AvgIpc) is 2.81. The van der Waals surface area contributed by atoms with Crippen LogP contribution in [-0.2, 0) is 10.2 Å². The van der Waals surface area contributed by atoms with Crippen molar-refractivity contribution in [2.75, 3.05) is 6.54 Å². The Balaban J connectivity index is 2.17. The predicted molar refractivity (Wildman–Crippen MR) is 52.5 cm³/mol. The molecule has 0 bridgehead atoms. The van der Waals surface area contributed by atoms with Gasteiger partial charge in [0.05, 0.1) is 0 Å². The zero-order valence-corrected chi connectivity index (χ0v) is 8.60. The van der Waals surface area contributed by atoms with E-state index in [0.29, 0.717) is 6.54 Å². The quantitative estimate of drug-likeness (QED) is 0.490. The van der Waals surface area contributed by atoms with Crippen LogP contribution in [0.4, 0.5) is 0 Å². The predicted octanol–water partition coefficient (Wildman–Crippen LogP) is 0.539. The molecule has 76 valence electrons. The van der Waals surface area contributed by atoms with E-state index < -0.39 is 10.2 Å². The van der Waals surface area contributed by atoms with Crippen LogP contribution in [0.15, 0.2) is 12.2 Å². The van der Waals surface area contributed by atoms with Gasteiger partial charge >= 0.3 is 0 Å². The van der Waals surface area contributed by atoms with Gasteiger partial charge in [0, 0.05) is 12.6 Å². The third kappa shape index (κ3) is 5.02. The molecule has 0 aromatic rings. The maximum atomic E-state index is 11.2. The van der Waals surface area contributed by atoms with E-state index in [1.54, 1.807) is 0 Å². The van der Waals surface area contributed by atoms with Gasteiger partial charge in [-0.15, -0.1) is 0 Å². The van der Waals surface area contributed by atoms with Gasteiger partial charge in [-0.1, -0.05) is 12.2 Å². The summed E-state index contributed by atoms with van der Waals surface area (Å²) < 4.78 is 27.4. The van der Waals surface area contributed by atoms with Gasteiger partial charge < -0.3 is 0 Å². The number of allylic oxidation sites excluding steroid dienone is 1. The molecule has 0 spiro atoms. The van der Waals surface area contributed by atoms with E-state index in [4.69, 9.17) is 0 Å². The second-order valence-electron chi connectivity index (χ2n) is 3.15. The molecule has 2 N–H and O–H groups in total. The van der Waals surface area contributed by atoms with Crippen molar-refractivity contribution in [3.8, 4) is 0 Å². The number of rotatable bonds is 6. The highest BCUT2D eigenvalue weighted by atomic mass is 32.2. The summed E-state index contributed by atoms with van der Waals surface area (Å²) in [7, 11) is -3.23. The summed E-state index contributed by atoms with van der Waals surface area (Å²) in [6.07, 6.45) is 6.51. The van der Waals surface area contributed by atoms with Crippen molar-refractivity contribution < 1.29 is 8.42 Å². The fourth-order valence-corrected chi connectivity index (χ4v) is 2.05. The Morgan fingerprint density at radius 2 is 2.15 bits per heavy atom. The molecule has 13 heavy (non-hydrogen) atoms. The number of hydrogen-bond acceptors (Lipinski definition) is 2.